The molecule has 0 fully saturated rings. The molecule has 2 nitrogen and oxygen atoms in total. The quantitative estimate of drug-likeness (QED) is 0.340. The highest BCUT2D eigenvalue weighted by Crippen LogP contribution is 1.97. The maximum Gasteiger partial charge on any atom is 0.334 e. The van der Waals surface area contributed by atoms with Gasteiger partial charge in [-0.3, -0.25) is 0 Å². The highest BCUT2D eigenvalue weighted by Gasteiger charge is 1.90. The van der Waals surface area contributed by atoms with E-state index in [1.54, 1.807) is 0 Å². The van der Waals surface area contributed by atoms with Gasteiger partial charge in [0.1, 0.15) is 0 Å². The molecule has 0 saturated heterocycles. The SMILES string of the molecule is C=CC(=O)OC=C(C)CC. The van der Waals surface area contributed by atoms with Crippen molar-refractivity contribution in [3.63, 3.8) is 0 Å². The van der Waals surface area contributed by atoms with Crippen LogP contribution in [0.25, 0.3) is 0 Å². The van der Waals surface area contributed by atoms with Crippen LogP contribution >= 0.6 is 0 Å². The number of ether oxygens (including phenoxy) is 1. The van der Waals surface area contributed by atoms with Crippen molar-refractivity contribution in [2.45, 2.75) is 20.3 Å². The lowest BCUT2D eigenvalue weighted by molar-refractivity contribution is -0.132. The minimum atomic E-state index is -0.409. The second kappa shape index (κ2) is 4.79. The molecule has 0 aliphatic carbocycles. The average Bonchev–Trinajstić information content (AvgIpc) is 1.99. The summed E-state index contributed by atoms with van der Waals surface area (Å²) in [6.07, 6.45) is 3.48. The molecular weight excluding hydrogens is 128 g/mol. The first-order valence-corrected chi connectivity index (χ1v) is 3.19. The first-order valence-electron chi connectivity index (χ1n) is 3.19. The van der Waals surface area contributed by atoms with E-state index in [1.165, 1.54) is 6.26 Å². The molecule has 0 unspecified atom stereocenters. The number of hydrogen-bond acceptors (Lipinski definition) is 2. The second-order valence-electron chi connectivity index (χ2n) is 1.96. The summed E-state index contributed by atoms with van der Waals surface area (Å²) in [6.45, 7) is 7.15. The van der Waals surface area contributed by atoms with Gasteiger partial charge in [-0.15, -0.1) is 0 Å². The Morgan fingerprint density at radius 2 is 2.30 bits per heavy atom. The van der Waals surface area contributed by atoms with Gasteiger partial charge in [0, 0.05) is 6.08 Å². The molecule has 0 N–H and O–H groups in total. The van der Waals surface area contributed by atoms with E-state index in [4.69, 9.17) is 0 Å². The van der Waals surface area contributed by atoms with Gasteiger partial charge >= 0.3 is 5.97 Å². The van der Waals surface area contributed by atoms with Gasteiger partial charge in [-0.25, -0.2) is 4.79 Å². The highest BCUT2D eigenvalue weighted by atomic mass is 16.5. The standard InChI is InChI=1S/C8H12O2/c1-4-7(3)6-10-8(9)5-2/h5-6H,2,4H2,1,3H3. The number of carbonyl (C=O) groups excluding carboxylic acids is 1. The van der Waals surface area contributed by atoms with E-state index in [0.717, 1.165) is 18.1 Å². The fraction of sp³-hybridized carbons (Fsp3) is 0.375. The van der Waals surface area contributed by atoms with Gasteiger partial charge in [0.2, 0.25) is 0 Å². The largest absolute Gasteiger partial charge is 0.431 e. The van der Waals surface area contributed by atoms with Crippen LogP contribution in [0.4, 0.5) is 0 Å². The molecule has 0 aromatic rings. The lowest BCUT2D eigenvalue weighted by atomic mass is 10.3. The zero-order chi connectivity index (χ0) is 7.98. The van der Waals surface area contributed by atoms with Crippen LogP contribution in [0.3, 0.4) is 0 Å². The molecule has 2 heteroatoms. The van der Waals surface area contributed by atoms with Crippen LogP contribution < -0.4 is 0 Å². The summed E-state index contributed by atoms with van der Waals surface area (Å²) in [6, 6.07) is 0. The molecule has 0 aliphatic rings. The van der Waals surface area contributed by atoms with Crippen molar-refractivity contribution in [3.05, 3.63) is 24.5 Å². The maximum atomic E-state index is 10.4. The van der Waals surface area contributed by atoms with E-state index in [-0.39, 0.29) is 0 Å². The lowest BCUT2D eigenvalue weighted by Gasteiger charge is -1.94. The van der Waals surface area contributed by atoms with Crippen molar-refractivity contribution in [3.8, 4) is 0 Å². The van der Waals surface area contributed by atoms with Gasteiger partial charge in [0.25, 0.3) is 0 Å². The Morgan fingerprint density at radius 3 is 2.70 bits per heavy atom. The molecule has 0 saturated carbocycles. The molecule has 0 amide bonds. The molecule has 0 aliphatic heterocycles. The Morgan fingerprint density at radius 1 is 1.70 bits per heavy atom. The van der Waals surface area contributed by atoms with Gasteiger partial charge in [-0.05, 0) is 18.9 Å². The Labute approximate surface area is 61.2 Å². The monoisotopic (exact) mass is 140 g/mol. The molecular formula is C8H12O2. The number of rotatable bonds is 3. The Balaban J connectivity index is 3.71. The van der Waals surface area contributed by atoms with E-state index in [0.29, 0.717) is 0 Å². The molecule has 0 rings (SSSR count). The Bertz CT molecular complexity index is 157. The van der Waals surface area contributed by atoms with Crippen LogP contribution in [-0.2, 0) is 9.53 Å². The smallest absolute Gasteiger partial charge is 0.334 e. The fourth-order valence-electron chi connectivity index (χ4n) is 0.290. The second-order valence-corrected chi connectivity index (χ2v) is 1.96. The van der Waals surface area contributed by atoms with Crippen molar-refractivity contribution in [2.75, 3.05) is 0 Å². The predicted octanol–water partition coefficient (Wildman–Crippen LogP) is 2.03. The zero-order valence-electron chi connectivity index (χ0n) is 6.39. The normalized spacial score (nSPS) is 10.8. The van der Waals surface area contributed by atoms with Crippen molar-refractivity contribution in [1.82, 2.24) is 0 Å². The summed E-state index contributed by atoms with van der Waals surface area (Å²) in [7, 11) is 0. The fourth-order valence-corrected chi connectivity index (χ4v) is 0.290. The number of carbonyl (C=O) groups is 1. The van der Waals surface area contributed by atoms with Crippen LogP contribution in [0, 0.1) is 0 Å². The molecule has 0 atom stereocenters. The third-order valence-corrected chi connectivity index (χ3v) is 1.10. The maximum absolute atomic E-state index is 10.4. The molecule has 0 radical (unpaired) electrons. The summed E-state index contributed by atoms with van der Waals surface area (Å²) >= 11 is 0. The van der Waals surface area contributed by atoms with Crippen LogP contribution in [0.15, 0.2) is 24.5 Å². The Kier molecular flexibility index (Phi) is 4.29. The topological polar surface area (TPSA) is 26.3 Å². The average molecular weight is 140 g/mol. The summed E-state index contributed by atoms with van der Waals surface area (Å²) in [5, 5.41) is 0. The molecule has 0 bridgehead atoms. The van der Waals surface area contributed by atoms with Crippen LogP contribution in [0.5, 0.6) is 0 Å². The van der Waals surface area contributed by atoms with Crippen LogP contribution in [-0.4, -0.2) is 5.97 Å². The molecule has 10 heavy (non-hydrogen) atoms. The van der Waals surface area contributed by atoms with Crippen molar-refractivity contribution in [2.24, 2.45) is 0 Å². The van der Waals surface area contributed by atoms with Gasteiger partial charge in [0.15, 0.2) is 0 Å². The Hall–Kier alpha value is -1.05. The van der Waals surface area contributed by atoms with Gasteiger partial charge in [-0.2, -0.15) is 0 Å². The molecule has 56 valence electrons. The summed E-state index contributed by atoms with van der Waals surface area (Å²) in [5.41, 5.74) is 1.04. The van der Waals surface area contributed by atoms with Crippen molar-refractivity contribution in [1.29, 1.82) is 0 Å². The van der Waals surface area contributed by atoms with E-state index in [2.05, 4.69) is 11.3 Å². The summed E-state index contributed by atoms with van der Waals surface area (Å²) < 4.78 is 4.62. The minimum absolute atomic E-state index is 0.409. The molecule has 0 aromatic heterocycles. The van der Waals surface area contributed by atoms with E-state index < -0.39 is 5.97 Å². The number of hydrogen-bond donors (Lipinski definition) is 0. The number of esters is 1. The third kappa shape index (κ3) is 3.89. The molecule has 0 aromatic carbocycles. The predicted molar refractivity (Wildman–Crippen MR) is 40.3 cm³/mol. The molecule has 0 spiro atoms. The highest BCUT2D eigenvalue weighted by molar-refractivity contribution is 5.81. The minimum Gasteiger partial charge on any atom is -0.431 e. The third-order valence-electron chi connectivity index (χ3n) is 1.10. The van der Waals surface area contributed by atoms with E-state index in [1.807, 2.05) is 13.8 Å². The van der Waals surface area contributed by atoms with Gasteiger partial charge < -0.3 is 4.74 Å². The van der Waals surface area contributed by atoms with Gasteiger partial charge in [0.05, 0.1) is 6.26 Å². The van der Waals surface area contributed by atoms with Crippen molar-refractivity contribution < 1.29 is 9.53 Å². The van der Waals surface area contributed by atoms with Crippen LogP contribution in [0.1, 0.15) is 20.3 Å². The number of allylic oxidation sites excluding steroid dienone is 1. The first kappa shape index (κ1) is 8.95. The summed E-state index contributed by atoms with van der Waals surface area (Å²) in [5.74, 6) is -0.409. The molecule has 0 heterocycles. The van der Waals surface area contributed by atoms with E-state index in [9.17, 15) is 4.79 Å². The lowest BCUT2D eigenvalue weighted by Crippen LogP contribution is -1.92. The van der Waals surface area contributed by atoms with Gasteiger partial charge in [-0.1, -0.05) is 13.5 Å². The van der Waals surface area contributed by atoms with Crippen molar-refractivity contribution >= 4 is 5.97 Å². The zero-order valence-corrected chi connectivity index (χ0v) is 6.39. The summed E-state index contributed by atoms with van der Waals surface area (Å²) in [4.78, 5) is 10.4. The van der Waals surface area contributed by atoms with Crippen LogP contribution in [0.2, 0.25) is 0 Å². The van der Waals surface area contributed by atoms with E-state index >= 15 is 0 Å². The first-order chi connectivity index (χ1) is 4.70.